The molecule has 2 heterocycles. The highest BCUT2D eigenvalue weighted by molar-refractivity contribution is 6.31. The fourth-order valence-electron chi connectivity index (χ4n) is 4.29. The summed E-state index contributed by atoms with van der Waals surface area (Å²) in [5.41, 5.74) is 3.35. The van der Waals surface area contributed by atoms with Crippen LogP contribution in [0.3, 0.4) is 0 Å². The molecule has 1 amide bonds. The first kappa shape index (κ1) is 23.1. The maximum Gasteiger partial charge on any atom is 0.244 e. The molecule has 1 fully saturated rings. The van der Waals surface area contributed by atoms with Crippen LogP contribution in [0.25, 0.3) is 0 Å². The molecule has 3 rings (SSSR count). The van der Waals surface area contributed by atoms with E-state index in [2.05, 4.69) is 17.9 Å². The quantitative estimate of drug-likeness (QED) is 0.569. The molecule has 5 nitrogen and oxygen atoms in total. The van der Waals surface area contributed by atoms with Crippen LogP contribution in [0.5, 0.6) is 0 Å². The number of terminal acetylenes is 1. The SMILES string of the molecule is C#CCc1ccc(CCC2CC(C(C)=O)N(C(=O)CN3C=C(CC)CC=N3)C2)c(Cl)c1. The molecule has 6 heteroatoms. The number of halogens is 1. The van der Waals surface area contributed by atoms with Crippen molar-refractivity contribution < 1.29 is 9.59 Å². The average Bonchev–Trinajstić information content (AvgIpc) is 3.18. The van der Waals surface area contributed by atoms with E-state index in [1.54, 1.807) is 16.8 Å². The minimum absolute atomic E-state index is 0.0412. The smallest absolute Gasteiger partial charge is 0.244 e. The number of hydrazone groups is 1. The summed E-state index contributed by atoms with van der Waals surface area (Å²) in [6.45, 7) is 4.43. The lowest BCUT2D eigenvalue weighted by Gasteiger charge is -2.26. The van der Waals surface area contributed by atoms with Crippen LogP contribution in [0, 0.1) is 18.3 Å². The zero-order valence-corrected chi connectivity index (χ0v) is 19.1. The van der Waals surface area contributed by atoms with Crippen molar-refractivity contribution in [2.45, 2.75) is 58.4 Å². The molecule has 0 saturated carbocycles. The summed E-state index contributed by atoms with van der Waals surface area (Å²) < 4.78 is 0. The van der Waals surface area contributed by atoms with E-state index in [0.717, 1.165) is 41.8 Å². The van der Waals surface area contributed by atoms with Gasteiger partial charge in [0.2, 0.25) is 5.91 Å². The highest BCUT2D eigenvalue weighted by atomic mass is 35.5. The Morgan fingerprint density at radius 1 is 1.35 bits per heavy atom. The molecule has 2 aliphatic rings. The van der Waals surface area contributed by atoms with Gasteiger partial charge < -0.3 is 4.90 Å². The first-order valence-electron chi connectivity index (χ1n) is 10.9. The van der Waals surface area contributed by atoms with E-state index in [9.17, 15) is 9.59 Å². The number of allylic oxidation sites excluding steroid dienone is 1. The average molecular weight is 440 g/mol. The topological polar surface area (TPSA) is 53.0 Å². The zero-order chi connectivity index (χ0) is 22.4. The molecule has 0 aromatic heterocycles. The van der Waals surface area contributed by atoms with Gasteiger partial charge >= 0.3 is 0 Å². The predicted molar refractivity (Wildman–Crippen MR) is 125 cm³/mol. The highest BCUT2D eigenvalue weighted by Gasteiger charge is 2.37. The van der Waals surface area contributed by atoms with Crippen molar-refractivity contribution in [2.75, 3.05) is 13.1 Å². The van der Waals surface area contributed by atoms with Gasteiger partial charge in [0.15, 0.2) is 5.78 Å². The second kappa shape index (κ2) is 10.6. The van der Waals surface area contributed by atoms with Crippen LogP contribution in [-0.4, -0.2) is 46.9 Å². The lowest BCUT2D eigenvalue weighted by molar-refractivity contribution is -0.137. The van der Waals surface area contributed by atoms with Crippen molar-refractivity contribution in [1.29, 1.82) is 0 Å². The van der Waals surface area contributed by atoms with E-state index >= 15 is 0 Å². The number of hydrogen-bond donors (Lipinski definition) is 0. The Morgan fingerprint density at radius 3 is 2.84 bits per heavy atom. The van der Waals surface area contributed by atoms with Crippen LogP contribution in [0.1, 0.15) is 50.7 Å². The third-order valence-corrected chi connectivity index (χ3v) is 6.44. The summed E-state index contributed by atoms with van der Waals surface area (Å²) in [6.07, 6.45) is 13.9. The molecule has 31 heavy (non-hydrogen) atoms. The van der Waals surface area contributed by atoms with E-state index in [0.29, 0.717) is 19.4 Å². The zero-order valence-electron chi connectivity index (χ0n) is 18.3. The molecule has 164 valence electrons. The fraction of sp³-hybridized carbons (Fsp3) is 0.480. The summed E-state index contributed by atoms with van der Waals surface area (Å²) in [5, 5.41) is 6.72. The molecule has 2 unspecified atom stereocenters. The number of carbonyl (C=O) groups is 2. The number of benzene rings is 1. The molecule has 2 atom stereocenters. The van der Waals surface area contributed by atoms with Crippen molar-refractivity contribution in [1.82, 2.24) is 9.91 Å². The molecular formula is C25H30ClN3O2. The molecule has 0 bridgehead atoms. The first-order valence-corrected chi connectivity index (χ1v) is 11.3. The molecule has 2 aliphatic heterocycles. The summed E-state index contributed by atoms with van der Waals surface area (Å²) >= 11 is 6.43. The van der Waals surface area contributed by atoms with E-state index in [1.165, 1.54) is 5.57 Å². The Kier molecular flexibility index (Phi) is 7.92. The van der Waals surface area contributed by atoms with Gasteiger partial charge in [-0.2, -0.15) is 5.10 Å². The van der Waals surface area contributed by atoms with Crippen molar-refractivity contribution in [3.8, 4) is 12.3 Å². The van der Waals surface area contributed by atoms with Gasteiger partial charge in [-0.1, -0.05) is 30.7 Å². The highest BCUT2D eigenvalue weighted by Crippen LogP contribution is 2.30. The van der Waals surface area contributed by atoms with Gasteiger partial charge in [-0.3, -0.25) is 14.6 Å². The van der Waals surface area contributed by atoms with Crippen molar-refractivity contribution in [2.24, 2.45) is 11.0 Å². The number of likely N-dealkylation sites (tertiary alicyclic amines) is 1. The number of nitrogens with zero attached hydrogens (tertiary/aromatic N) is 3. The summed E-state index contributed by atoms with van der Waals surface area (Å²) in [4.78, 5) is 27.0. The second-order valence-electron chi connectivity index (χ2n) is 8.36. The monoisotopic (exact) mass is 439 g/mol. The number of hydrogen-bond acceptors (Lipinski definition) is 4. The number of carbonyl (C=O) groups excluding carboxylic acids is 2. The third-order valence-electron chi connectivity index (χ3n) is 6.09. The van der Waals surface area contributed by atoms with Crippen molar-refractivity contribution in [3.05, 3.63) is 46.1 Å². The van der Waals surface area contributed by atoms with Gasteiger partial charge in [0.1, 0.15) is 6.54 Å². The Balaban J connectivity index is 1.61. The van der Waals surface area contributed by atoms with E-state index in [4.69, 9.17) is 18.0 Å². The Labute approximate surface area is 190 Å². The normalized spacial score (nSPS) is 20.5. The van der Waals surface area contributed by atoms with Gasteiger partial charge in [-0.25, -0.2) is 0 Å². The largest absolute Gasteiger partial charge is 0.331 e. The molecule has 0 N–H and O–H groups in total. The number of ketones is 1. The van der Waals surface area contributed by atoms with Crippen LogP contribution in [-0.2, 0) is 22.4 Å². The van der Waals surface area contributed by atoms with Gasteiger partial charge in [0.25, 0.3) is 0 Å². The molecule has 0 aliphatic carbocycles. The molecule has 1 saturated heterocycles. The minimum Gasteiger partial charge on any atom is -0.331 e. The molecule has 0 spiro atoms. The lowest BCUT2D eigenvalue weighted by atomic mass is 9.95. The Morgan fingerprint density at radius 2 is 2.16 bits per heavy atom. The van der Waals surface area contributed by atoms with Crippen molar-refractivity contribution >= 4 is 29.5 Å². The second-order valence-corrected chi connectivity index (χ2v) is 8.77. The summed E-state index contributed by atoms with van der Waals surface area (Å²) in [7, 11) is 0. The van der Waals surface area contributed by atoms with E-state index in [1.807, 2.05) is 30.6 Å². The van der Waals surface area contributed by atoms with Crippen LogP contribution in [0.15, 0.2) is 35.1 Å². The van der Waals surface area contributed by atoms with Gasteiger partial charge in [-0.05, 0) is 61.3 Å². The number of aryl methyl sites for hydroxylation is 1. The van der Waals surface area contributed by atoms with Gasteiger partial charge in [0.05, 0.1) is 6.04 Å². The molecule has 1 aromatic rings. The summed E-state index contributed by atoms with van der Waals surface area (Å²) in [6, 6.07) is 5.62. The fourth-order valence-corrected chi connectivity index (χ4v) is 4.58. The number of Topliss-reactive ketones (excluding diaryl/α,β-unsaturated/α-hetero) is 1. The van der Waals surface area contributed by atoms with Gasteiger partial charge in [-0.15, -0.1) is 12.3 Å². The lowest BCUT2D eigenvalue weighted by Crippen LogP contribution is -2.43. The van der Waals surface area contributed by atoms with Crippen LogP contribution >= 0.6 is 11.6 Å². The number of amides is 1. The molecule has 1 aromatic carbocycles. The predicted octanol–water partition coefficient (Wildman–Crippen LogP) is 4.24. The molecular weight excluding hydrogens is 410 g/mol. The van der Waals surface area contributed by atoms with Crippen LogP contribution < -0.4 is 0 Å². The summed E-state index contributed by atoms with van der Waals surface area (Å²) in [5.74, 6) is 2.89. The number of rotatable bonds is 8. The Bertz CT molecular complexity index is 931. The maximum absolute atomic E-state index is 13.0. The van der Waals surface area contributed by atoms with E-state index < -0.39 is 0 Å². The molecule has 0 radical (unpaired) electrons. The van der Waals surface area contributed by atoms with Gasteiger partial charge in [0, 0.05) is 36.8 Å². The third kappa shape index (κ3) is 5.98. The van der Waals surface area contributed by atoms with Crippen LogP contribution in [0.2, 0.25) is 5.02 Å². The van der Waals surface area contributed by atoms with E-state index in [-0.39, 0.29) is 30.2 Å². The maximum atomic E-state index is 13.0. The van der Waals surface area contributed by atoms with Crippen LogP contribution in [0.4, 0.5) is 0 Å². The standard InChI is InChI=1S/C25H30ClN3O2/c1-4-6-20-7-9-22(23(26)13-20)10-8-21-14-24(18(3)30)29(16-21)25(31)17-28-15-19(5-2)11-12-27-28/h1,7,9,12-13,15,21,24H,5-6,8,10-11,14,16-17H2,2-3H3. The minimum atomic E-state index is -0.352. The van der Waals surface area contributed by atoms with Crippen molar-refractivity contribution in [3.63, 3.8) is 0 Å². The first-order chi connectivity index (χ1) is 14.9. The Hall–Kier alpha value is -2.58.